The van der Waals surface area contributed by atoms with Gasteiger partial charge in [0.25, 0.3) is 0 Å². The summed E-state index contributed by atoms with van der Waals surface area (Å²) < 4.78 is 23.3. The molecule has 2 atom stereocenters. The molecule has 1 saturated heterocycles. The van der Waals surface area contributed by atoms with Crippen LogP contribution in [-0.4, -0.2) is 25.3 Å². The minimum absolute atomic E-state index is 0.0909. The van der Waals surface area contributed by atoms with Crippen molar-refractivity contribution < 1.29 is 8.42 Å². The van der Waals surface area contributed by atoms with E-state index < -0.39 is 9.84 Å². The molecule has 0 aromatic rings. The highest BCUT2D eigenvalue weighted by Crippen LogP contribution is 2.72. The van der Waals surface area contributed by atoms with Gasteiger partial charge in [-0.1, -0.05) is 29.8 Å². The molecule has 2 fully saturated rings. The maximum Gasteiger partial charge on any atom is 0.150 e. The smallest absolute Gasteiger partial charge is 0.150 e. The van der Waals surface area contributed by atoms with E-state index in [-0.39, 0.29) is 10.8 Å². The third-order valence-corrected chi connectivity index (χ3v) is 6.96. The molecule has 0 aromatic carbocycles. The summed E-state index contributed by atoms with van der Waals surface area (Å²) in [4.78, 5) is 0. The number of alkyl halides is 1. The third kappa shape index (κ3) is 1.29. The van der Waals surface area contributed by atoms with E-state index in [2.05, 4.69) is 29.8 Å². The minimum atomic E-state index is -2.76. The molecule has 2 rings (SSSR count). The number of sulfone groups is 1. The second-order valence-electron chi connectivity index (χ2n) is 5.28. The lowest BCUT2D eigenvalue weighted by Gasteiger charge is -2.25. The normalized spacial score (nSPS) is 43.8. The van der Waals surface area contributed by atoms with Crippen LogP contribution < -0.4 is 0 Å². The van der Waals surface area contributed by atoms with E-state index in [1.54, 1.807) is 0 Å². The molecule has 14 heavy (non-hydrogen) atoms. The SMILES string of the molecule is CC1(C)C(CBr)C12CCCS(=O)(=O)C2. The van der Waals surface area contributed by atoms with Crippen LogP contribution in [0.3, 0.4) is 0 Å². The molecule has 0 aromatic heterocycles. The van der Waals surface area contributed by atoms with Crippen LogP contribution in [0.25, 0.3) is 0 Å². The molecule has 2 nitrogen and oxygen atoms in total. The summed E-state index contributed by atoms with van der Waals surface area (Å²) in [5, 5.41) is 0.940. The predicted molar refractivity (Wildman–Crippen MR) is 61.4 cm³/mol. The summed E-state index contributed by atoms with van der Waals surface area (Å²) in [6.45, 7) is 4.42. The lowest BCUT2D eigenvalue weighted by molar-refractivity contribution is 0.371. The van der Waals surface area contributed by atoms with Gasteiger partial charge in [0.2, 0.25) is 0 Å². The molecule has 0 N–H and O–H groups in total. The van der Waals surface area contributed by atoms with E-state index in [0.717, 1.165) is 18.2 Å². The first kappa shape index (κ1) is 10.9. The van der Waals surface area contributed by atoms with Crippen molar-refractivity contribution in [1.29, 1.82) is 0 Å². The van der Waals surface area contributed by atoms with Gasteiger partial charge in [-0.2, -0.15) is 0 Å². The molecule has 1 spiro atoms. The predicted octanol–water partition coefficient (Wildman–Crippen LogP) is 2.23. The summed E-state index contributed by atoms with van der Waals surface area (Å²) in [6, 6.07) is 0. The van der Waals surface area contributed by atoms with Crippen molar-refractivity contribution in [2.75, 3.05) is 16.8 Å². The minimum Gasteiger partial charge on any atom is -0.229 e. The second kappa shape index (κ2) is 2.97. The Bertz CT molecular complexity index is 347. The van der Waals surface area contributed by atoms with Crippen LogP contribution in [0.5, 0.6) is 0 Å². The van der Waals surface area contributed by atoms with Gasteiger partial charge in [-0.15, -0.1) is 0 Å². The van der Waals surface area contributed by atoms with Gasteiger partial charge in [0.15, 0.2) is 9.84 Å². The summed E-state index contributed by atoms with van der Waals surface area (Å²) in [7, 11) is -2.76. The Morgan fingerprint density at radius 2 is 2.07 bits per heavy atom. The van der Waals surface area contributed by atoms with E-state index >= 15 is 0 Å². The molecule has 4 heteroatoms. The van der Waals surface area contributed by atoms with Crippen molar-refractivity contribution in [3.63, 3.8) is 0 Å². The Morgan fingerprint density at radius 1 is 1.43 bits per heavy atom. The van der Waals surface area contributed by atoms with Crippen molar-refractivity contribution in [2.45, 2.75) is 26.7 Å². The third-order valence-electron chi connectivity index (χ3n) is 4.45. The molecule has 2 unspecified atom stereocenters. The summed E-state index contributed by atoms with van der Waals surface area (Å²) >= 11 is 3.51. The summed E-state index contributed by atoms with van der Waals surface area (Å²) in [5.74, 6) is 1.37. The molecule has 1 saturated carbocycles. The average molecular weight is 281 g/mol. The Balaban J connectivity index is 2.28. The monoisotopic (exact) mass is 280 g/mol. The Hall–Kier alpha value is 0.430. The molecule has 82 valence electrons. The highest BCUT2D eigenvalue weighted by Gasteiger charge is 2.71. The number of hydrogen-bond acceptors (Lipinski definition) is 2. The molecule has 0 amide bonds. The van der Waals surface area contributed by atoms with E-state index in [1.807, 2.05) is 0 Å². The molecule has 1 aliphatic heterocycles. The van der Waals surface area contributed by atoms with Crippen molar-refractivity contribution in [3.8, 4) is 0 Å². The van der Waals surface area contributed by atoms with Gasteiger partial charge >= 0.3 is 0 Å². The topological polar surface area (TPSA) is 34.1 Å². The molecule has 0 bridgehead atoms. The van der Waals surface area contributed by atoms with Crippen molar-refractivity contribution >= 4 is 25.8 Å². The van der Waals surface area contributed by atoms with Gasteiger partial charge < -0.3 is 0 Å². The first-order valence-corrected chi connectivity index (χ1v) is 8.06. The van der Waals surface area contributed by atoms with E-state index in [9.17, 15) is 8.42 Å². The Kier molecular flexibility index (Phi) is 2.32. The highest BCUT2D eigenvalue weighted by atomic mass is 79.9. The first-order chi connectivity index (χ1) is 6.36. The second-order valence-corrected chi connectivity index (χ2v) is 8.11. The lowest BCUT2D eigenvalue weighted by atomic mass is 9.92. The molecule has 1 aliphatic carbocycles. The van der Waals surface area contributed by atoms with Gasteiger partial charge in [0.05, 0.1) is 11.5 Å². The average Bonchev–Trinajstić information content (AvgIpc) is 2.44. The molecular formula is C10H17BrO2S. The lowest BCUT2D eigenvalue weighted by Crippen LogP contribution is -2.30. The zero-order valence-corrected chi connectivity index (χ0v) is 11.1. The van der Waals surface area contributed by atoms with Crippen LogP contribution in [0.15, 0.2) is 0 Å². The Morgan fingerprint density at radius 3 is 2.50 bits per heavy atom. The van der Waals surface area contributed by atoms with Crippen LogP contribution in [0, 0.1) is 16.7 Å². The fraction of sp³-hybridized carbons (Fsp3) is 1.00. The highest BCUT2D eigenvalue weighted by molar-refractivity contribution is 9.09. The van der Waals surface area contributed by atoms with Gasteiger partial charge in [-0.25, -0.2) is 8.42 Å². The van der Waals surface area contributed by atoms with Crippen molar-refractivity contribution in [2.24, 2.45) is 16.7 Å². The maximum absolute atomic E-state index is 11.6. The van der Waals surface area contributed by atoms with Crippen LogP contribution in [0.2, 0.25) is 0 Å². The van der Waals surface area contributed by atoms with Crippen LogP contribution in [0.4, 0.5) is 0 Å². The van der Waals surface area contributed by atoms with Gasteiger partial charge in [0, 0.05) is 5.33 Å². The van der Waals surface area contributed by atoms with Gasteiger partial charge in [-0.3, -0.25) is 0 Å². The van der Waals surface area contributed by atoms with Crippen LogP contribution in [-0.2, 0) is 9.84 Å². The fourth-order valence-corrected chi connectivity index (χ4v) is 6.99. The van der Waals surface area contributed by atoms with Crippen molar-refractivity contribution in [3.05, 3.63) is 0 Å². The number of rotatable bonds is 1. The standard InChI is InChI=1S/C10H17BrO2S/c1-9(2)8(6-11)10(9)4-3-5-14(12,13)7-10/h8H,3-7H2,1-2H3. The van der Waals surface area contributed by atoms with Crippen LogP contribution >= 0.6 is 15.9 Å². The van der Waals surface area contributed by atoms with E-state index in [0.29, 0.717) is 17.4 Å². The van der Waals surface area contributed by atoms with E-state index in [1.165, 1.54) is 0 Å². The molecule has 1 heterocycles. The largest absolute Gasteiger partial charge is 0.229 e. The maximum atomic E-state index is 11.6. The van der Waals surface area contributed by atoms with E-state index in [4.69, 9.17) is 0 Å². The first-order valence-electron chi connectivity index (χ1n) is 5.12. The van der Waals surface area contributed by atoms with Crippen LogP contribution in [0.1, 0.15) is 26.7 Å². The zero-order valence-electron chi connectivity index (χ0n) is 8.72. The summed E-state index contributed by atoms with van der Waals surface area (Å²) in [6.07, 6.45) is 1.95. The Labute approximate surface area is 94.5 Å². The summed E-state index contributed by atoms with van der Waals surface area (Å²) in [5.41, 5.74) is 0.303. The van der Waals surface area contributed by atoms with Gasteiger partial charge in [0.1, 0.15) is 0 Å². The van der Waals surface area contributed by atoms with Gasteiger partial charge in [-0.05, 0) is 29.6 Å². The molecule has 0 radical (unpaired) electrons. The number of hydrogen-bond donors (Lipinski definition) is 0. The zero-order chi connectivity index (χ0) is 10.6. The number of halogens is 1. The molecular weight excluding hydrogens is 264 g/mol. The molecule has 2 aliphatic rings. The van der Waals surface area contributed by atoms with Crippen molar-refractivity contribution in [1.82, 2.24) is 0 Å². The quantitative estimate of drug-likeness (QED) is 0.691. The fourth-order valence-electron chi connectivity index (χ4n) is 3.33.